The van der Waals surface area contributed by atoms with Gasteiger partial charge in [-0.2, -0.15) is 0 Å². The second-order valence-corrected chi connectivity index (χ2v) is 13.9. The average molecular weight is 589 g/mol. The molecule has 0 fully saturated rings. The minimum absolute atomic E-state index is 0.640. The minimum atomic E-state index is 0.640. The van der Waals surface area contributed by atoms with Crippen LogP contribution in [0.25, 0.3) is 0 Å². The molecular weight excluding hydrogens is 508 g/mol. The molecule has 1 unspecified atom stereocenters. The van der Waals surface area contributed by atoms with Gasteiger partial charge in [-0.3, -0.25) is 0 Å². The van der Waals surface area contributed by atoms with E-state index in [1.54, 1.807) is 0 Å². The molecule has 0 bridgehead atoms. The summed E-state index contributed by atoms with van der Waals surface area (Å²) in [6, 6.07) is 0. The van der Waals surface area contributed by atoms with E-state index in [2.05, 4.69) is 43.0 Å². The van der Waals surface area contributed by atoms with Crippen LogP contribution >= 0.6 is 0 Å². The van der Waals surface area contributed by atoms with Gasteiger partial charge < -0.3 is 9.80 Å². The van der Waals surface area contributed by atoms with Crippen molar-refractivity contribution in [1.29, 1.82) is 0 Å². The van der Waals surface area contributed by atoms with Crippen LogP contribution in [0.15, 0.2) is 12.4 Å². The first-order valence-electron chi connectivity index (χ1n) is 20.0. The molecule has 0 aromatic rings. The molecule has 1 aliphatic heterocycles. The quantitative estimate of drug-likeness (QED) is 0.0690. The number of unbranched alkanes of at least 4 members (excludes halogenated alkanes) is 28. The largest absolute Gasteiger partial charge is 0.356 e. The molecule has 1 aliphatic rings. The van der Waals surface area contributed by atoms with Crippen molar-refractivity contribution in [3.05, 3.63) is 12.4 Å². The maximum absolute atomic E-state index is 2.70. The summed E-state index contributed by atoms with van der Waals surface area (Å²) >= 11 is 0. The SMILES string of the molecule is CCCCCCCCCCCCCCCCCCCN1C=CN(CCCCCCCCCCCC)C1CCCCCC. The van der Waals surface area contributed by atoms with Crippen LogP contribution in [0, 0.1) is 0 Å². The van der Waals surface area contributed by atoms with E-state index < -0.39 is 0 Å². The topological polar surface area (TPSA) is 6.48 Å². The maximum atomic E-state index is 2.70. The molecule has 0 aliphatic carbocycles. The molecule has 1 atom stereocenters. The van der Waals surface area contributed by atoms with Crippen LogP contribution in [0.4, 0.5) is 0 Å². The highest BCUT2D eigenvalue weighted by Crippen LogP contribution is 2.24. The van der Waals surface area contributed by atoms with Gasteiger partial charge in [0.15, 0.2) is 0 Å². The molecule has 2 nitrogen and oxygen atoms in total. The Morgan fingerprint density at radius 3 is 0.833 bits per heavy atom. The molecule has 0 aromatic carbocycles. The zero-order valence-electron chi connectivity index (χ0n) is 29.7. The van der Waals surface area contributed by atoms with Crippen molar-refractivity contribution in [3.63, 3.8) is 0 Å². The highest BCUT2D eigenvalue weighted by Gasteiger charge is 2.24. The molecule has 42 heavy (non-hydrogen) atoms. The Balaban J connectivity index is 2.05. The van der Waals surface area contributed by atoms with Crippen LogP contribution < -0.4 is 0 Å². The first-order valence-corrected chi connectivity index (χ1v) is 20.0. The van der Waals surface area contributed by atoms with Gasteiger partial charge in [0, 0.05) is 25.5 Å². The van der Waals surface area contributed by atoms with Gasteiger partial charge >= 0.3 is 0 Å². The highest BCUT2D eigenvalue weighted by molar-refractivity contribution is 4.97. The number of rotatable bonds is 34. The summed E-state index contributed by atoms with van der Waals surface area (Å²) in [7, 11) is 0. The van der Waals surface area contributed by atoms with E-state index in [-0.39, 0.29) is 0 Å². The van der Waals surface area contributed by atoms with Crippen molar-refractivity contribution in [1.82, 2.24) is 9.80 Å². The van der Waals surface area contributed by atoms with Gasteiger partial charge in [0.1, 0.15) is 6.17 Å². The van der Waals surface area contributed by atoms with Crippen LogP contribution in [0.3, 0.4) is 0 Å². The van der Waals surface area contributed by atoms with Gasteiger partial charge in [-0.25, -0.2) is 0 Å². The van der Waals surface area contributed by atoms with E-state index in [0.717, 1.165) is 0 Å². The monoisotopic (exact) mass is 589 g/mol. The fourth-order valence-corrected chi connectivity index (χ4v) is 6.89. The minimum Gasteiger partial charge on any atom is -0.356 e. The van der Waals surface area contributed by atoms with Crippen molar-refractivity contribution < 1.29 is 0 Å². The van der Waals surface area contributed by atoms with Gasteiger partial charge in [0.05, 0.1) is 0 Å². The van der Waals surface area contributed by atoms with Gasteiger partial charge in [-0.15, -0.1) is 0 Å². The summed E-state index contributed by atoms with van der Waals surface area (Å²) in [6.45, 7) is 9.49. The summed E-state index contributed by atoms with van der Waals surface area (Å²) in [5, 5.41) is 0. The van der Waals surface area contributed by atoms with E-state index >= 15 is 0 Å². The van der Waals surface area contributed by atoms with Crippen molar-refractivity contribution in [2.45, 2.75) is 232 Å². The van der Waals surface area contributed by atoms with Crippen LogP contribution in [0.5, 0.6) is 0 Å². The van der Waals surface area contributed by atoms with Crippen LogP contribution in [-0.2, 0) is 0 Å². The van der Waals surface area contributed by atoms with E-state index in [1.165, 1.54) is 219 Å². The Kier molecular flexibility index (Phi) is 29.8. The molecule has 0 radical (unpaired) electrons. The lowest BCUT2D eigenvalue weighted by Gasteiger charge is -2.33. The van der Waals surface area contributed by atoms with E-state index in [1.807, 2.05) is 0 Å². The second-order valence-electron chi connectivity index (χ2n) is 13.9. The van der Waals surface area contributed by atoms with Crippen molar-refractivity contribution >= 4 is 0 Å². The highest BCUT2D eigenvalue weighted by atomic mass is 15.4. The van der Waals surface area contributed by atoms with Gasteiger partial charge in [0.25, 0.3) is 0 Å². The molecular formula is C40H80N2. The molecule has 1 heterocycles. The smallest absolute Gasteiger partial charge is 0.101 e. The maximum Gasteiger partial charge on any atom is 0.101 e. The molecule has 0 spiro atoms. The Hall–Kier alpha value is -0.660. The van der Waals surface area contributed by atoms with Crippen molar-refractivity contribution in [2.24, 2.45) is 0 Å². The van der Waals surface area contributed by atoms with Crippen LogP contribution in [0.1, 0.15) is 226 Å². The number of hydrogen-bond donors (Lipinski definition) is 0. The lowest BCUT2D eigenvalue weighted by Crippen LogP contribution is -2.39. The fourth-order valence-electron chi connectivity index (χ4n) is 6.89. The summed E-state index contributed by atoms with van der Waals surface area (Å²) in [5.74, 6) is 0. The molecule has 250 valence electrons. The Morgan fingerprint density at radius 2 is 0.548 bits per heavy atom. The normalized spacial score (nSPS) is 15.0. The zero-order valence-corrected chi connectivity index (χ0v) is 29.7. The third-order valence-electron chi connectivity index (χ3n) is 9.82. The third-order valence-corrected chi connectivity index (χ3v) is 9.82. The molecule has 0 saturated carbocycles. The van der Waals surface area contributed by atoms with E-state index in [9.17, 15) is 0 Å². The number of hydrogen-bond acceptors (Lipinski definition) is 2. The van der Waals surface area contributed by atoms with E-state index in [0.29, 0.717) is 6.17 Å². The Labute approximate surface area is 267 Å². The average Bonchev–Trinajstić information content (AvgIpc) is 3.38. The number of nitrogens with zero attached hydrogens (tertiary/aromatic N) is 2. The fraction of sp³-hybridized carbons (Fsp3) is 0.950. The Morgan fingerprint density at radius 1 is 0.310 bits per heavy atom. The summed E-state index contributed by atoms with van der Waals surface area (Å²) in [6.07, 6.45) is 51.4. The first kappa shape index (κ1) is 39.4. The molecule has 2 heteroatoms. The predicted octanol–water partition coefficient (Wildman–Crippen LogP) is 13.9. The van der Waals surface area contributed by atoms with Crippen LogP contribution in [-0.4, -0.2) is 29.1 Å². The summed E-state index contributed by atoms with van der Waals surface area (Å²) in [5.41, 5.74) is 0. The standard InChI is InChI=1S/C40H80N2/c1-4-7-10-13-15-17-19-20-21-22-23-24-25-27-29-31-34-37-42-39-38-41(40(42)35-32-12-9-6-3)36-33-30-28-26-18-16-14-11-8-5-2/h38-40H,4-37H2,1-3H3. The van der Waals surface area contributed by atoms with Crippen molar-refractivity contribution in [2.75, 3.05) is 13.1 Å². The van der Waals surface area contributed by atoms with Crippen LogP contribution in [0.2, 0.25) is 0 Å². The molecule has 0 amide bonds. The van der Waals surface area contributed by atoms with Gasteiger partial charge in [-0.1, -0.05) is 201 Å². The predicted molar refractivity (Wildman–Crippen MR) is 191 cm³/mol. The lowest BCUT2D eigenvalue weighted by atomic mass is 10.0. The molecule has 0 N–H and O–H groups in total. The first-order chi connectivity index (χ1) is 20.8. The summed E-state index contributed by atoms with van der Waals surface area (Å²) in [4.78, 5) is 5.40. The Bertz CT molecular complexity index is 544. The third kappa shape index (κ3) is 23.8. The van der Waals surface area contributed by atoms with Gasteiger partial charge in [-0.05, 0) is 25.7 Å². The van der Waals surface area contributed by atoms with Gasteiger partial charge in [0.2, 0.25) is 0 Å². The van der Waals surface area contributed by atoms with E-state index in [4.69, 9.17) is 0 Å². The second kappa shape index (κ2) is 31.8. The molecule has 0 aromatic heterocycles. The lowest BCUT2D eigenvalue weighted by molar-refractivity contribution is 0.135. The molecule has 1 rings (SSSR count). The molecule has 0 saturated heterocycles. The summed E-state index contributed by atoms with van der Waals surface area (Å²) < 4.78 is 0. The zero-order chi connectivity index (χ0) is 30.2. The van der Waals surface area contributed by atoms with Crippen molar-refractivity contribution in [3.8, 4) is 0 Å².